The molecule has 0 radical (unpaired) electrons. The smallest absolute Gasteiger partial charge is 0.129 e. The van der Waals surface area contributed by atoms with Gasteiger partial charge < -0.3 is 9.64 Å². The Labute approximate surface area is 175 Å². The molecule has 1 heterocycles. The summed E-state index contributed by atoms with van der Waals surface area (Å²) in [7, 11) is 0. The molecular formula is C26H21NOS. The molecule has 0 fully saturated rings. The number of benzene rings is 3. The van der Waals surface area contributed by atoms with Gasteiger partial charge in [-0.25, -0.2) is 0 Å². The monoisotopic (exact) mass is 395 g/mol. The van der Waals surface area contributed by atoms with Gasteiger partial charge in [-0.3, -0.25) is 0 Å². The second kappa shape index (κ2) is 7.98. The van der Waals surface area contributed by atoms with Gasteiger partial charge in [0, 0.05) is 39.3 Å². The van der Waals surface area contributed by atoms with Crippen LogP contribution in [0.4, 0.5) is 17.1 Å². The van der Waals surface area contributed by atoms with E-state index in [4.69, 9.17) is 4.74 Å². The number of ether oxygens (including phenoxy) is 1. The maximum absolute atomic E-state index is 6.17. The van der Waals surface area contributed by atoms with Crippen LogP contribution in [0.5, 0.6) is 5.75 Å². The summed E-state index contributed by atoms with van der Waals surface area (Å²) in [6.07, 6.45) is 8.26. The quantitative estimate of drug-likeness (QED) is 0.339. The van der Waals surface area contributed by atoms with Crippen LogP contribution < -0.4 is 9.64 Å². The summed E-state index contributed by atoms with van der Waals surface area (Å²) in [6, 6.07) is 27.4. The summed E-state index contributed by atoms with van der Waals surface area (Å²) in [5, 5.41) is 3.49. The minimum atomic E-state index is 0.865. The average molecular weight is 396 g/mol. The van der Waals surface area contributed by atoms with E-state index >= 15 is 0 Å². The zero-order chi connectivity index (χ0) is 19.5. The Balaban J connectivity index is 1.59. The predicted octanol–water partition coefficient (Wildman–Crippen LogP) is 7.98. The van der Waals surface area contributed by atoms with Gasteiger partial charge >= 0.3 is 0 Å². The fourth-order valence-electron chi connectivity index (χ4n) is 3.64. The molecule has 142 valence electrons. The Morgan fingerprint density at radius 1 is 0.828 bits per heavy atom. The third-order valence-corrected chi connectivity index (χ3v) is 5.97. The van der Waals surface area contributed by atoms with E-state index in [0.29, 0.717) is 0 Å². The summed E-state index contributed by atoms with van der Waals surface area (Å²) in [4.78, 5) is 2.31. The molecule has 1 aliphatic rings. The van der Waals surface area contributed by atoms with Crippen LogP contribution >= 0.6 is 11.3 Å². The van der Waals surface area contributed by atoms with Gasteiger partial charge in [0.1, 0.15) is 11.5 Å². The fourth-order valence-corrected chi connectivity index (χ4v) is 4.57. The minimum Gasteiger partial charge on any atom is -0.462 e. The minimum absolute atomic E-state index is 0.865. The first-order valence-corrected chi connectivity index (χ1v) is 10.7. The molecule has 3 heteroatoms. The number of rotatable bonds is 5. The van der Waals surface area contributed by atoms with E-state index in [1.54, 1.807) is 11.3 Å². The third-order valence-electron chi connectivity index (χ3n) is 5.02. The molecular weight excluding hydrogens is 374 g/mol. The van der Waals surface area contributed by atoms with Gasteiger partial charge in [-0.2, -0.15) is 0 Å². The first-order chi connectivity index (χ1) is 14.4. The van der Waals surface area contributed by atoms with Crippen LogP contribution in [0.1, 0.15) is 12.8 Å². The molecule has 0 saturated carbocycles. The zero-order valence-electron chi connectivity index (χ0n) is 16.0. The van der Waals surface area contributed by atoms with Crippen molar-refractivity contribution in [3.05, 3.63) is 108 Å². The maximum atomic E-state index is 6.17. The molecule has 2 nitrogen and oxygen atoms in total. The van der Waals surface area contributed by atoms with Crippen LogP contribution in [0.2, 0.25) is 0 Å². The van der Waals surface area contributed by atoms with Gasteiger partial charge in [-0.15, -0.1) is 11.3 Å². The van der Waals surface area contributed by atoms with E-state index in [1.165, 1.54) is 15.8 Å². The van der Waals surface area contributed by atoms with Crippen molar-refractivity contribution in [2.45, 2.75) is 12.8 Å². The van der Waals surface area contributed by atoms with E-state index in [-0.39, 0.29) is 0 Å². The third kappa shape index (κ3) is 3.69. The molecule has 0 N–H and O–H groups in total. The maximum Gasteiger partial charge on any atom is 0.129 e. The van der Waals surface area contributed by atoms with Gasteiger partial charge in [0.25, 0.3) is 0 Å². The van der Waals surface area contributed by atoms with Gasteiger partial charge in [-0.1, -0.05) is 54.6 Å². The van der Waals surface area contributed by atoms with E-state index in [1.807, 2.05) is 6.07 Å². The summed E-state index contributed by atoms with van der Waals surface area (Å²) < 4.78 is 7.46. The fraction of sp³-hybridized carbons (Fsp3) is 0.0769. The number of nitrogens with zero attached hydrogens (tertiary/aromatic N) is 1. The molecule has 0 bridgehead atoms. The number of para-hydroxylation sites is 1. The van der Waals surface area contributed by atoms with E-state index in [9.17, 15) is 0 Å². The number of thiophene rings is 1. The van der Waals surface area contributed by atoms with Gasteiger partial charge in [0.05, 0.1) is 5.69 Å². The molecule has 0 amide bonds. The molecule has 0 atom stereocenters. The van der Waals surface area contributed by atoms with Crippen LogP contribution in [0, 0.1) is 0 Å². The van der Waals surface area contributed by atoms with Crippen LogP contribution in [-0.2, 0) is 0 Å². The number of hydrogen-bond acceptors (Lipinski definition) is 3. The highest BCUT2D eigenvalue weighted by Crippen LogP contribution is 2.42. The van der Waals surface area contributed by atoms with Crippen LogP contribution in [0.25, 0.3) is 10.1 Å². The summed E-state index contributed by atoms with van der Waals surface area (Å²) >= 11 is 1.77. The molecule has 5 rings (SSSR count). The SMILES string of the molecule is C1=CCCC(Oc2cccc(N(c3ccccc3)c3csc4ccccc34)c2)=C1. The first kappa shape index (κ1) is 17.8. The highest BCUT2D eigenvalue weighted by Gasteiger charge is 2.17. The number of fused-ring (bicyclic) bond motifs is 1. The normalized spacial score (nSPS) is 13.3. The Morgan fingerprint density at radius 2 is 1.66 bits per heavy atom. The Hall–Kier alpha value is -3.30. The van der Waals surface area contributed by atoms with Gasteiger partial charge in [-0.05, 0) is 42.8 Å². The summed E-state index contributed by atoms with van der Waals surface area (Å²) in [6.45, 7) is 0. The second-order valence-corrected chi connectivity index (χ2v) is 7.90. The molecule has 1 aromatic heterocycles. The summed E-state index contributed by atoms with van der Waals surface area (Å²) in [5.74, 6) is 1.88. The zero-order valence-corrected chi connectivity index (χ0v) is 16.8. The average Bonchev–Trinajstić information content (AvgIpc) is 3.20. The van der Waals surface area contributed by atoms with Gasteiger partial charge in [0.15, 0.2) is 0 Å². The van der Waals surface area contributed by atoms with E-state index < -0.39 is 0 Å². The first-order valence-electron chi connectivity index (χ1n) is 9.83. The lowest BCUT2D eigenvalue weighted by molar-refractivity contribution is 0.403. The van der Waals surface area contributed by atoms with E-state index in [2.05, 4.69) is 101 Å². The van der Waals surface area contributed by atoms with Gasteiger partial charge in [0.2, 0.25) is 0 Å². The second-order valence-electron chi connectivity index (χ2n) is 6.99. The molecule has 29 heavy (non-hydrogen) atoms. The van der Waals surface area contributed by atoms with Crippen LogP contribution in [-0.4, -0.2) is 0 Å². The largest absolute Gasteiger partial charge is 0.462 e. The molecule has 0 spiro atoms. The predicted molar refractivity (Wildman–Crippen MR) is 124 cm³/mol. The number of anilines is 3. The number of hydrogen-bond donors (Lipinski definition) is 0. The Bertz CT molecular complexity index is 1190. The molecule has 4 aromatic rings. The molecule has 1 aliphatic carbocycles. The topological polar surface area (TPSA) is 12.5 Å². The van der Waals surface area contributed by atoms with E-state index in [0.717, 1.165) is 35.7 Å². The van der Waals surface area contributed by atoms with Crippen LogP contribution in [0.3, 0.4) is 0 Å². The van der Waals surface area contributed by atoms with Crippen molar-refractivity contribution < 1.29 is 4.74 Å². The molecule has 0 aliphatic heterocycles. The Kier molecular flexibility index (Phi) is 4.89. The summed E-state index contributed by atoms with van der Waals surface area (Å²) in [5.41, 5.74) is 3.41. The lowest BCUT2D eigenvalue weighted by Crippen LogP contribution is -2.09. The molecule has 0 unspecified atom stereocenters. The van der Waals surface area contributed by atoms with Crippen molar-refractivity contribution >= 4 is 38.5 Å². The lowest BCUT2D eigenvalue weighted by Gasteiger charge is -2.25. The Morgan fingerprint density at radius 3 is 2.52 bits per heavy atom. The van der Waals surface area contributed by atoms with Crippen LogP contribution in [0.15, 0.2) is 108 Å². The van der Waals surface area contributed by atoms with Crippen molar-refractivity contribution in [1.29, 1.82) is 0 Å². The van der Waals surface area contributed by atoms with Crippen molar-refractivity contribution in [3.8, 4) is 5.75 Å². The molecule has 3 aromatic carbocycles. The van der Waals surface area contributed by atoms with Crippen molar-refractivity contribution in [2.24, 2.45) is 0 Å². The van der Waals surface area contributed by atoms with Crippen molar-refractivity contribution in [2.75, 3.05) is 4.90 Å². The van der Waals surface area contributed by atoms with Crippen molar-refractivity contribution in [1.82, 2.24) is 0 Å². The van der Waals surface area contributed by atoms with Crippen molar-refractivity contribution in [3.63, 3.8) is 0 Å². The highest BCUT2D eigenvalue weighted by molar-refractivity contribution is 7.17. The molecule has 0 saturated heterocycles. The highest BCUT2D eigenvalue weighted by atomic mass is 32.1. The number of allylic oxidation sites excluding steroid dienone is 4. The lowest BCUT2D eigenvalue weighted by atomic mass is 10.1. The standard InChI is InChI=1S/C26H21NOS/c1-3-10-20(11-4-1)27(25-19-29-26-17-8-7-16-24(25)26)21-12-9-15-23(18-21)28-22-13-5-2-6-14-22/h1-5,7-13,15-19H,6,14H2.